The molecule has 0 fully saturated rings. The molecule has 1 heterocycles. The molecule has 16 heavy (non-hydrogen) atoms. The first kappa shape index (κ1) is 11.3. The van der Waals surface area contributed by atoms with Crippen LogP contribution >= 0.6 is 31.9 Å². The number of halogens is 2. The van der Waals surface area contributed by atoms with Crippen LogP contribution in [0.4, 0.5) is 5.82 Å². The SMILES string of the molecule is O=[N+]([O-])c1[nH]c(-c2cccc(Br)c2)cc1Br. The van der Waals surface area contributed by atoms with Gasteiger partial charge < -0.3 is 10.1 Å². The van der Waals surface area contributed by atoms with Gasteiger partial charge >= 0.3 is 5.82 Å². The standard InChI is InChI=1S/C10H6Br2N2O2/c11-7-3-1-2-6(4-7)9-5-8(12)10(13-9)14(15)16/h1-5,13H. The fourth-order valence-electron chi connectivity index (χ4n) is 1.36. The molecule has 0 aliphatic rings. The number of benzene rings is 1. The van der Waals surface area contributed by atoms with Gasteiger partial charge in [0.05, 0.1) is 0 Å². The molecule has 1 aromatic heterocycles. The van der Waals surface area contributed by atoms with Gasteiger partial charge in [0.25, 0.3) is 0 Å². The van der Waals surface area contributed by atoms with E-state index in [0.29, 0.717) is 10.2 Å². The van der Waals surface area contributed by atoms with Crippen LogP contribution in [0.25, 0.3) is 11.3 Å². The number of hydrogen-bond donors (Lipinski definition) is 1. The lowest BCUT2D eigenvalue weighted by Gasteiger charge is -1.95. The van der Waals surface area contributed by atoms with Crippen molar-refractivity contribution in [2.24, 2.45) is 0 Å². The van der Waals surface area contributed by atoms with Gasteiger partial charge in [0.15, 0.2) is 0 Å². The second kappa shape index (κ2) is 4.39. The first-order chi connectivity index (χ1) is 7.58. The smallest absolute Gasteiger partial charge is 0.335 e. The van der Waals surface area contributed by atoms with Gasteiger partial charge in [-0.3, -0.25) is 0 Å². The van der Waals surface area contributed by atoms with E-state index in [0.717, 1.165) is 10.0 Å². The topological polar surface area (TPSA) is 58.9 Å². The molecular weight excluding hydrogens is 340 g/mol. The molecule has 0 aliphatic heterocycles. The third-order valence-corrected chi connectivity index (χ3v) is 3.17. The van der Waals surface area contributed by atoms with Gasteiger partial charge in [-0.15, -0.1) is 0 Å². The van der Waals surface area contributed by atoms with E-state index in [2.05, 4.69) is 36.8 Å². The van der Waals surface area contributed by atoms with Gasteiger partial charge in [0, 0.05) is 16.1 Å². The van der Waals surface area contributed by atoms with Crippen LogP contribution in [0, 0.1) is 10.1 Å². The molecule has 2 rings (SSSR count). The van der Waals surface area contributed by atoms with E-state index in [9.17, 15) is 10.1 Å². The lowest BCUT2D eigenvalue weighted by molar-refractivity contribution is -0.389. The predicted molar refractivity (Wildman–Crippen MR) is 68.3 cm³/mol. The summed E-state index contributed by atoms with van der Waals surface area (Å²) in [6, 6.07) is 9.24. The number of aromatic amines is 1. The molecule has 0 aliphatic carbocycles. The zero-order valence-electron chi connectivity index (χ0n) is 7.91. The molecule has 1 aromatic carbocycles. The molecule has 2 aromatic rings. The molecule has 0 radical (unpaired) electrons. The molecule has 0 spiro atoms. The van der Waals surface area contributed by atoms with Crippen LogP contribution in [0.3, 0.4) is 0 Å². The van der Waals surface area contributed by atoms with Crippen LogP contribution in [-0.2, 0) is 0 Å². The Hall–Kier alpha value is -1.14. The Balaban J connectivity index is 2.49. The van der Waals surface area contributed by atoms with Crippen molar-refractivity contribution in [1.82, 2.24) is 4.98 Å². The molecule has 82 valence electrons. The Morgan fingerprint density at radius 3 is 2.56 bits per heavy atom. The molecule has 1 N–H and O–H groups in total. The maximum atomic E-state index is 10.7. The molecule has 6 heteroatoms. The third kappa shape index (κ3) is 2.17. The summed E-state index contributed by atoms with van der Waals surface area (Å²) in [7, 11) is 0. The Kier molecular flexibility index (Phi) is 3.11. The largest absolute Gasteiger partial charge is 0.358 e. The summed E-state index contributed by atoms with van der Waals surface area (Å²) < 4.78 is 1.38. The summed E-state index contributed by atoms with van der Waals surface area (Å²) in [6.45, 7) is 0. The summed E-state index contributed by atoms with van der Waals surface area (Å²) in [5, 5.41) is 10.7. The minimum absolute atomic E-state index is 0.0324. The van der Waals surface area contributed by atoms with Crippen LogP contribution in [0.2, 0.25) is 0 Å². The summed E-state index contributed by atoms with van der Waals surface area (Å²) in [5.74, 6) is -0.0324. The summed E-state index contributed by atoms with van der Waals surface area (Å²) >= 11 is 6.50. The molecule has 0 saturated carbocycles. The van der Waals surface area contributed by atoms with E-state index >= 15 is 0 Å². The van der Waals surface area contributed by atoms with Gasteiger partial charge in [0.1, 0.15) is 10.2 Å². The lowest BCUT2D eigenvalue weighted by atomic mass is 10.2. The van der Waals surface area contributed by atoms with Gasteiger partial charge in [0.2, 0.25) is 0 Å². The maximum absolute atomic E-state index is 10.7. The van der Waals surface area contributed by atoms with Crippen molar-refractivity contribution >= 4 is 37.7 Å². The van der Waals surface area contributed by atoms with E-state index in [1.54, 1.807) is 6.07 Å². The van der Waals surface area contributed by atoms with Crippen LogP contribution in [-0.4, -0.2) is 9.91 Å². The van der Waals surface area contributed by atoms with Crippen molar-refractivity contribution in [1.29, 1.82) is 0 Å². The minimum atomic E-state index is -0.453. The van der Waals surface area contributed by atoms with Gasteiger partial charge in [-0.2, -0.15) is 0 Å². The Bertz CT molecular complexity index is 552. The average Bonchev–Trinajstić information content (AvgIpc) is 2.60. The molecule has 0 bridgehead atoms. The number of aromatic nitrogens is 1. The highest BCUT2D eigenvalue weighted by Crippen LogP contribution is 2.31. The van der Waals surface area contributed by atoms with E-state index in [1.807, 2.05) is 24.3 Å². The van der Waals surface area contributed by atoms with Crippen molar-refractivity contribution in [3.8, 4) is 11.3 Å². The normalized spacial score (nSPS) is 10.4. The number of rotatable bonds is 2. The van der Waals surface area contributed by atoms with Crippen molar-refractivity contribution in [3.05, 3.63) is 49.4 Å². The number of nitrogens with zero attached hydrogens (tertiary/aromatic N) is 1. The molecular formula is C10H6Br2N2O2. The lowest BCUT2D eigenvalue weighted by Crippen LogP contribution is -1.88. The Morgan fingerprint density at radius 2 is 2.00 bits per heavy atom. The number of H-pyrrole nitrogens is 1. The van der Waals surface area contributed by atoms with Crippen LogP contribution in [0.15, 0.2) is 39.3 Å². The van der Waals surface area contributed by atoms with E-state index in [-0.39, 0.29) is 5.82 Å². The highest BCUT2D eigenvalue weighted by Gasteiger charge is 2.16. The highest BCUT2D eigenvalue weighted by molar-refractivity contribution is 9.10. The summed E-state index contributed by atoms with van der Waals surface area (Å²) in [5.41, 5.74) is 1.60. The van der Waals surface area contributed by atoms with E-state index in [1.165, 1.54) is 0 Å². The highest BCUT2D eigenvalue weighted by atomic mass is 79.9. The minimum Gasteiger partial charge on any atom is -0.358 e. The quantitative estimate of drug-likeness (QED) is 0.657. The van der Waals surface area contributed by atoms with Gasteiger partial charge in [-0.05, 0) is 33.0 Å². The number of hydrogen-bond acceptors (Lipinski definition) is 2. The fourth-order valence-corrected chi connectivity index (χ4v) is 2.23. The molecule has 0 unspecified atom stereocenters. The van der Waals surface area contributed by atoms with Crippen molar-refractivity contribution in [2.75, 3.05) is 0 Å². The fraction of sp³-hybridized carbons (Fsp3) is 0. The third-order valence-electron chi connectivity index (χ3n) is 2.07. The monoisotopic (exact) mass is 344 g/mol. The van der Waals surface area contributed by atoms with Crippen LogP contribution in [0.1, 0.15) is 0 Å². The predicted octanol–water partition coefficient (Wildman–Crippen LogP) is 4.11. The zero-order chi connectivity index (χ0) is 11.7. The van der Waals surface area contributed by atoms with Gasteiger partial charge in [-0.25, -0.2) is 4.98 Å². The second-order valence-electron chi connectivity index (χ2n) is 3.15. The molecule has 0 atom stereocenters. The van der Waals surface area contributed by atoms with E-state index < -0.39 is 4.92 Å². The number of nitrogens with one attached hydrogen (secondary N) is 1. The Morgan fingerprint density at radius 1 is 1.25 bits per heavy atom. The molecule has 4 nitrogen and oxygen atoms in total. The Labute approximate surface area is 108 Å². The zero-order valence-corrected chi connectivity index (χ0v) is 11.1. The van der Waals surface area contributed by atoms with Crippen LogP contribution in [0.5, 0.6) is 0 Å². The van der Waals surface area contributed by atoms with Crippen molar-refractivity contribution in [2.45, 2.75) is 0 Å². The summed E-state index contributed by atoms with van der Waals surface area (Å²) in [6.07, 6.45) is 0. The maximum Gasteiger partial charge on any atom is 0.335 e. The molecule has 0 saturated heterocycles. The first-order valence-electron chi connectivity index (χ1n) is 4.37. The van der Waals surface area contributed by atoms with Crippen LogP contribution < -0.4 is 0 Å². The number of nitro groups is 1. The van der Waals surface area contributed by atoms with E-state index in [4.69, 9.17) is 0 Å². The summed E-state index contributed by atoms with van der Waals surface area (Å²) in [4.78, 5) is 13.0. The second-order valence-corrected chi connectivity index (χ2v) is 4.92. The van der Waals surface area contributed by atoms with Crippen molar-refractivity contribution in [3.63, 3.8) is 0 Å². The van der Waals surface area contributed by atoms with Crippen molar-refractivity contribution < 1.29 is 4.92 Å². The molecule has 0 amide bonds. The first-order valence-corrected chi connectivity index (χ1v) is 5.95. The average molecular weight is 346 g/mol. The van der Waals surface area contributed by atoms with Gasteiger partial charge in [-0.1, -0.05) is 28.1 Å².